The van der Waals surface area contributed by atoms with Crippen molar-refractivity contribution in [1.82, 2.24) is 0 Å². The predicted molar refractivity (Wildman–Crippen MR) is 176 cm³/mol. The van der Waals surface area contributed by atoms with Gasteiger partial charge in [0, 0.05) is 16.8 Å². The molecule has 2 amide bonds. The second-order valence-electron chi connectivity index (χ2n) is 12.3. The van der Waals surface area contributed by atoms with Gasteiger partial charge in [-0.3, -0.25) is 0 Å². The van der Waals surface area contributed by atoms with Crippen LogP contribution in [0.15, 0.2) is 66.7 Å². The first-order valence-corrected chi connectivity index (χ1v) is 14.5. The van der Waals surface area contributed by atoms with Crippen LogP contribution in [0.4, 0.5) is 16.2 Å². The lowest BCUT2D eigenvalue weighted by atomic mass is 9.81. The third kappa shape index (κ3) is 6.98. The standard InChI is InChI=1S/C37H42N2O4/c1-21-15-17-27(19-23(21)3)30-25(5)31(28-18-16-22(2)24(4)20-28)33(39-36(42)38-29-13-11-10-12-14-29)26(6)32(30)34(35(40)41)43-37(7,8)9/h10-20,34H,1-9H3,(H,40,41)(H2,38,39,42). The van der Waals surface area contributed by atoms with Gasteiger partial charge in [0.05, 0.1) is 11.3 Å². The quantitative estimate of drug-likeness (QED) is 0.204. The zero-order valence-corrected chi connectivity index (χ0v) is 26.6. The molecule has 1 unspecified atom stereocenters. The number of ether oxygens (including phenoxy) is 1. The zero-order valence-electron chi connectivity index (χ0n) is 26.6. The lowest BCUT2D eigenvalue weighted by Gasteiger charge is -2.31. The lowest BCUT2D eigenvalue weighted by Crippen LogP contribution is -2.29. The van der Waals surface area contributed by atoms with Crippen LogP contribution in [-0.4, -0.2) is 22.7 Å². The molecule has 0 aliphatic heterocycles. The van der Waals surface area contributed by atoms with Crippen LogP contribution in [0.25, 0.3) is 22.3 Å². The van der Waals surface area contributed by atoms with Crippen LogP contribution in [-0.2, 0) is 9.53 Å². The van der Waals surface area contributed by atoms with Gasteiger partial charge in [-0.15, -0.1) is 0 Å². The number of anilines is 2. The largest absolute Gasteiger partial charge is 0.479 e. The smallest absolute Gasteiger partial charge is 0.337 e. The van der Waals surface area contributed by atoms with Gasteiger partial charge in [-0.2, -0.15) is 0 Å². The number of aliphatic carboxylic acids is 1. The third-order valence-corrected chi connectivity index (χ3v) is 7.87. The van der Waals surface area contributed by atoms with E-state index < -0.39 is 23.7 Å². The molecule has 0 spiro atoms. The summed E-state index contributed by atoms with van der Waals surface area (Å²) in [4.78, 5) is 26.4. The van der Waals surface area contributed by atoms with E-state index in [9.17, 15) is 14.7 Å². The molecule has 0 saturated carbocycles. The summed E-state index contributed by atoms with van der Waals surface area (Å²) in [7, 11) is 0. The number of carboxylic acid groups (broad SMARTS) is 1. The molecule has 4 rings (SSSR count). The molecule has 0 radical (unpaired) electrons. The SMILES string of the molecule is Cc1ccc(-c2c(C)c(-c3ccc(C)c(C)c3)c(C(OC(C)(C)C)C(=O)O)c(C)c2NC(=O)Nc2ccccc2)cc1C. The van der Waals surface area contributed by atoms with Gasteiger partial charge in [0.1, 0.15) is 0 Å². The van der Waals surface area contributed by atoms with E-state index in [-0.39, 0.29) is 0 Å². The average molecular weight is 579 g/mol. The number of amides is 2. The molecule has 0 fully saturated rings. The Hall–Kier alpha value is -4.42. The summed E-state index contributed by atoms with van der Waals surface area (Å²) < 4.78 is 6.25. The van der Waals surface area contributed by atoms with E-state index in [1.807, 2.05) is 71.0 Å². The summed E-state index contributed by atoms with van der Waals surface area (Å²) in [5.74, 6) is -1.10. The monoisotopic (exact) mass is 578 g/mol. The number of aryl methyl sites for hydroxylation is 4. The van der Waals surface area contributed by atoms with Crippen LogP contribution in [0, 0.1) is 41.5 Å². The molecule has 0 saturated heterocycles. The summed E-state index contributed by atoms with van der Waals surface area (Å²) >= 11 is 0. The highest BCUT2D eigenvalue weighted by molar-refractivity contribution is 6.05. The zero-order chi connectivity index (χ0) is 31.6. The van der Waals surface area contributed by atoms with Crippen LogP contribution < -0.4 is 10.6 Å². The lowest BCUT2D eigenvalue weighted by molar-refractivity contribution is -0.160. The molecule has 6 nitrogen and oxygen atoms in total. The molecule has 0 aliphatic carbocycles. The van der Waals surface area contributed by atoms with Crippen molar-refractivity contribution in [2.45, 2.75) is 74.0 Å². The number of hydrogen-bond donors (Lipinski definition) is 3. The van der Waals surface area contributed by atoms with Gasteiger partial charge in [-0.05, 0) is 125 Å². The van der Waals surface area contributed by atoms with E-state index in [0.717, 1.165) is 50.1 Å². The molecular formula is C37H42N2O4. The van der Waals surface area contributed by atoms with Crippen molar-refractivity contribution < 1.29 is 19.4 Å². The molecule has 0 aliphatic rings. The van der Waals surface area contributed by atoms with Gasteiger partial charge < -0.3 is 20.5 Å². The highest BCUT2D eigenvalue weighted by atomic mass is 16.5. The summed E-state index contributed by atoms with van der Waals surface area (Å²) in [6.45, 7) is 17.6. The number of carboxylic acids is 1. The van der Waals surface area contributed by atoms with Gasteiger partial charge >= 0.3 is 12.0 Å². The van der Waals surface area contributed by atoms with Crippen LogP contribution in [0.2, 0.25) is 0 Å². The molecule has 0 aromatic heterocycles. The Balaban J connectivity index is 2.09. The van der Waals surface area contributed by atoms with Crippen molar-refractivity contribution in [3.05, 3.63) is 106 Å². The molecule has 1 atom stereocenters. The molecule has 0 bridgehead atoms. The predicted octanol–water partition coefficient (Wildman–Crippen LogP) is 9.46. The maximum Gasteiger partial charge on any atom is 0.337 e. The van der Waals surface area contributed by atoms with Crippen LogP contribution in [0.1, 0.15) is 65.8 Å². The van der Waals surface area contributed by atoms with Gasteiger partial charge in [0.2, 0.25) is 0 Å². The Labute approximate surface area is 255 Å². The maximum absolute atomic E-state index is 13.5. The Morgan fingerprint density at radius 3 is 1.72 bits per heavy atom. The first-order valence-electron chi connectivity index (χ1n) is 14.5. The average Bonchev–Trinajstić information content (AvgIpc) is 2.92. The van der Waals surface area contributed by atoms with Gasteiger partial charge in [-0.25, -0.2) is 9.59 Å². The third-order valence-electron chi connectivity index (χ3n) is 7.87. The van der Waals surface area contributed by atoms with Crippen molar-refractivity contribution >= 4 is 23.4 Å². The second kappa shape index (κ2) is 12.4. The van der Waals surface area contributed by atoms with Crippen molar-refractivity contribution in [2.24, 2.45) is 0 Å². The van der Waals surface area contributed by atoms with E-state index in [1.165, 1.54) is 0 Å². The van der Waals surface area contributed by atoms with Crippen LogP contribution in [0.5, 0.6) is 0 Å². The number of para-hydroxylation sites is 1. The number of carbonyl (C=O) groups excluding carboxylic acids is 1. The van der Waals surface area contributed by atoms with Gasteiger partial charge in [0.15, 0.2) is 6.10 Å². The Morgan fingerprint density at radius 2 is 1.23 bits per heavy atom. The van der Waals surface area contributed by atoms with Crippen molar-refractivity contribution in [3.8, 4) is 22.3 Å². The molecule has 6 heteroatoms. The topological polar surface area (TPSA) is 87.7 Å². The fraction of sp³-hybridized carbons (Fsp3) is 0.297. The number of urea groups is 1. The highest BCUT2D eigenvalue weighted by Crippen LogP contribution is 2.47. The molecule has 4 aromatic carbocycles. The fourth-order valence-electron chi connectivity index (χ4n) is 5.42. The van der Waals surface area contributed by atoms with Crippen molar-refractivity contribution in [2.75, 3.05) is 10.6 Å². The Bertz CT molecular complexity index is 1680. The molecular weight excluding hydrogens is 536 g/mol. The number of nitrogens with one attached hydrogen (secondary N) is 2. The summed E-state index contributed by atoms with van der Waals surface area (Å²) in [5, 5.41) is 16.6. The highest BCUT2D eigenvalue weighted by Gasteiger charge is 2.34. The van der Waals surface area contributed by atoms with E-state index >= 15 is 0 Å². The van der Waals surface area contributed by atoms with Crippen LogP contribution in [0.3, 0.4) is 0 Å². The van der Waals surface area contributed by atoms with E-state index in [1.54, 1.807) is 0 Å². The van der Waals surface area contributed by atoms with E-state index in [2.05, 4.69) is 68.7 Å². The summed E-state index contributed by atoms with van der Waals surface area (Å²) in [5.41, 5.74) is 10.4. The minimum absolute atomic E-state index is 0.424. The second-order valence-corrected chi connectivity index (χ2v) is 12.3. The summed E-state index contributed by atoms with van der Waals surface area (Å²) in [6, 6.07) is 21.2. The molecule has 43 heavy (non-hydrogen) atoms. The molecule has 0 heterocycles. The number of benzene rings is 4. The van der Waals surface area contributed by atoms with Crippen molar-refractivity contribution in [3.63, 3.8) is 0 Å². The minimum atomic E-state index is -1.28. The van der Waals surface area contributed by atoms with Gasteiger partial charge in [0.25, 0.3) is 0 Å². The van der Waals surface area contributed by atoms with E-state index in [4.69, 9.17) is 4.74 Å². The number of rotatable bonds is 7. The summed E-state index contributed by atoms with van der Waals surface area (Å²) in [6.07, 6.45) is -1.28. The van der Waals surface area contributed by atoms with Crippen molar-refractivity contribution in [1.29, 1.82) is 0 Å². The number of carbonyl (C=O) groups is 2. The maximum atomic E-state index is 13.5. The minimum Gasteiger partial charge on any atom is -0.479 e. The molecule has 224 valence electrons. The Kier molecular flexibility index (Phi) is 9.12. The number of hydrogen-bond acceptors (Lipinski definition) is 3. The first-order chi connectivity index (χ1) is 20.2. The van der Waals surface area contributed by atoms with Crippen LogP contribution >= 0.6 is 0 Å². The Morgan fingerprint density at radius 1 is 0.698 bits per heavy atom. The van der Waals surface area contributed by atoms with E-state index in [0.29, 0.717) is 22.5 Å². The fourth-order valence-corrected chi connectivity index (χ4v) is 5.42. The normalized spacial score (nSPS) is 12.1. The first kappa shape index (κ1) is 31.5. The van der Waals surface area contributed by atoms with Gasteiger partial charge in [-0.1, -0.05) is 54.6 Å². The molecule has 3 N–H and O–H groups in total. The molecule has 4 aromatic rings.